The number of carbonyl (C=O) groups is 3. The molecule has 3 rings (SSSR count). The van der Waals surface area contributed by atoms with Crippen molar-refractivity contribution >= 4 is 36.9 Å². The molecular formula is C28H30O6Si. The Morgan fingerprint density at radius 3 is 1.71 bits per heavy atom. The normalized spacial score (nSPS) is 11.6. The van der Waals surface area contributed by atoms with Gasteiger partial charge in [0.25, 0.3) is 8.32 Å². The molecule has 35 heavy (non-hydrogen) atoms. The van der Waals surface area contributed by atoms with Crippen molar-refractivity contribution in [2.75, 3.05) is 14.2 Å². The summed E-state index contributed by atoms with van der Waals surface area (Å²) in [6.07, 6.45) is 0.569. The van der Waals surface area contributed by atoms with Crippen LogP contribution in [0.1, 0.15) is 57.4 Å². The van der Waals surface area contributed by atoms with E-state index < -0.39 is 20.3 Å². The van der Waals surface area contributed by atoms with Gasteiger partial charge in [-0.25, -0.2) is 9.59 Å². The van der Waals surface area contributed by atoms with Crippen LogP contribution in [0.3, 0.4) is 0 Å². The molecule has 3 aromatic carbocycles. The minimum atomic E-state index is -2.90. The molecule has 0 N–H and O–H groups in total. The number of esters is 2. The van der Waals surface area contributed by atoms with Gasteiger partial charge in [-0.1, -0.05) is 81.4 Å². The lowest BCUT2D eigenvalue weighted by Crippen LogP contribution is -2.66. The van der Waals surface area contributed by atoms with E-state index >= 15 is 0 Å². The average molecular weight is 491 g/mol. The SMILES string of the molecule is COC(=O)c1cc(C(=O)OC)c(CO[Si](c2ccccc2)(c2ccccc2)C(C)(C)C)cc1C=O. The zero-order valence-electron chi connectivity index (χ0n) is 20.7. The average Bonchev–Trinajstić information content (AvgIpc) is 2.88. The molecule has 0 atom stereocenters. The first-order chi connectivity index (χ1) is 16.7. The van der Waals surface area contributed by atoms with E-state index in [1.165, 1.54) is 26.4 Å². The van der Waals surface area contributed by atoms with Crippen LogP contribution in [0.25, 0.3) is 0 Å². The van der Waals surface area contributed by atoms with E-state index in [1.807, 2.05) is 36.4 Å². The highest BCUT2D eigenvalue weighted by Gasteiger charge is 2.50. The van der Waals surface area contributed by atoms with Crippen LogP contribution in [0, 0.1) is 0 Å². The maximum atomic E-state index is 12.7. The van der Waals surface area contributed by atoms with Crippen LogP contribution in [0.15, 0.2) is 72.8 Å². The van der Waals surface area contributed by atoms with Gasteiger partial charge in [0.2, 0.25) is 0 Å². The Kier molecular flexibility index (Phi) is 8.04. The van der Waals surface area contributed by atoms with Gasteiger partial charge in [0, 0.05) is 5.56 Å². The van der Waals surface area contributed by atoms with Crippen molar-refractivity contribution in [2.45, 2.75) is 32.4 Å². The van der Waals surface area contributed by atoms with Crippen LogP contribution in [-0.4, -0.2) is 40.8 Å². The van der Waals surface area contributed by atoms with Gasteiger partial charge in [-0.15, -0.1) is 0 Å². The minimum Gasteiger partial charge on any atom is -0.465 e. The molecule has 0 aliphatic rings. The van der Waals surface area contributed by atoms with E-state index in [0.29, 0.717) is 11.8 Å². The maximum absolute atomic E-state index is 12.7. The second-order valence-corrected chi connectivity index (χ2v) is 13.5. The molecule has 0 saturated heterocycles. The monoisotopic (exact) mass is 490 g/mol. The molecule has 0 aromatic heterocycles. The van der Waals surface area contributed by atoms with Crippen molar-refractivity contribution in [3.63, 3.8) is 0 Å². The van der Waals surface area contributed by atoms with Gasteiger partial charge in [0.15, 0.2) is 6.29 Å². The zero-order valence-corrected chi connectivity index (χ0v) is 21.7. The Bertz CT molecular complexity index is 1160. The predicted molar refractivity (Wildman–Crippen MR) is 137 cm³/mol. The van der Waals surface area contributed by atoms with Crippen molar-refractivity contribution in [3.8, 4) is 0 Å². The van der Waals surface area contributed by atoms with Gasteiger partial charge in [-0.2, -0.15) is 0 Å². The lowest BCUT2D eigenvalue weighted by molar-refractivity contribution is 0.0595. The van der Waals surface area contributed by atoms with Crippen LogP contribution in [0.5, 0.6) is 0 Å². The number of carbonyl (C=O) groups excluding carboxylic acids is 3. The summed E-state index contributed by atoms with van der Waals surface area (Å²) in [5.41, 5.74) is 0.721. The van der Waals surface area contributed by atoms with Crippen molar-refractivity contribution in [3.05, 3.63) is 95.1 Å². The first kappa shape index (κ1) is 26.1. The van der Waals surface area contributed by atoms with E-state index in [-0.39, 0.29) is 28.3 Å². The topological polar surface area (TPSA) is 78.9 Å². The summed E-state index contributed by atoms with van der Waals surface area (Å²) in [6, 6.07) is 23.0. The summed E-state index contributed by atoms with van der Waals surface area (Å²) in [5, 5.41) is 1.89. The molecule has 0 unspecified atom stereocenters. The van der Waals surface area contributed by atoms with Gasteiger partial charge in [0.05, 0.1) is 32.0 Å². The molecule has 0 radical (unpaired) electrons. The van der Waals surface area contributed by atoms with Crippen molar-refractivity contribution in [1.29, 1.82) is 0 Å². The third-order valence-corrected chi connectivity index (χ3v) is 11.1. The highest BCUT2D eigenvalue weighted by Crippen LogP contribution is 2.37. The molecule has 0 aliphatic carbocycles. The molecule has 0 bridgehead atoms. The summed E-state index contributed by atoms with van der Waals surface area (Å²) >= 11 is 0. The van der Waals surface area contributed by atoms with E-state index in [1.54, 1.807) is 0 Å². The van der Waals surface area contributed by atoms with Crippen molar-refractivity contribution in [1.82, 2.24) is 0 Å². The van der Waals surface area contributed by atoms with Crippen molar-refractivity contribution in [2.24, 2.45) is 0 Å². The fourth-order valence-electron chi connectivity index (χ4n) is 4.41. The molecule has 6 nitrogen and oxygen atoms in total. The van der Waals surface area contributed by atoms with Crippen molar-refractivity contribution < 1.29 is 28.3 Å². The van der Waals surface area contributed by atoms with Crippen LogP contribution < -0.4 is 10.4 Å². The number of hydrogen-bond donors (Lipinski definition) is 0. The molecule has 0 fully saturated rings. The lowest BCUT2D eigenvalue weighted by Gasteiger charge is -2.43. The van der Waals surface area contributed by atoms with Crippen LogP contribution in [-0.2, 0) is 20.5 Å². The van der Waals surface area contributed by atoms with E-state index in [4.69, 9.17) is 13.9 Å². The summed E-state index contributed by atoms with van der Waals surface area (Å²) in [4.78, 5) is 36.7. The molecule has 182 valence electrons. The number of rotatable bonds is 8. The van der Waals surface area contributed by atoms with Gasteiger partial charge in [-0.05, 0) is 33.1 Å². The molecule has 0 amide bonds. The van der Waals surface area contributed by atoms with Gasteiger partial charge in [0.1, 0.15) is 0 Å². The Balaban J connectivity index is 2.20. The molecule has 0 saturated carbocycles. The van der Waals surface area contributed by atoms with Gasteiger partial charge >= 0.3 is 11.9 Å². The standard InChI is InChI=1S/C28H30O6Si/c1-28(2,3)35(22-12-8-6-9-13-22,23-14-10-7-11-15-23)34-19-21-16-20(18-29)24(26(30)32-4)17-25(21)27(31)33-5/h6-18H,19H2,1-5H3. The number of methoxy groups -OCH3 is 2. The molecule has 3 aromatic rings. The third-order valence-electron chi connectivity index (χ3n) is 6.07. The Morgan fingerprint density at radius 2 is 1.29 bits per heavy atom. The predicted octanol–water partition coefficient (Wildman–Crippen LogP) is 4.15. The van der Waals surface area contributed by atoms with E-state index in [9.17, 15) is 14.4 Å². The number of benzene rings is 3. The molecular weight excluding hydrogens is 460 g/mol. The smallest absolute Gasteiger partial charge is 0.338 e. The maximum Gasteiger partial charge on any atom is 0.338 e. The molecule has 0 spiro atoms. The lowest BCUT2D eigenvalue weighted by atomic mass is 9.99. The van der Waals surface area contributed by atoms with Crippen LogP contribution in [0.4, 0.5) is 0 Å². The Hall–Kier alpha value is -3.55. The first-order valence-electron chi connectivity index (χ1n) is 11.2. The summed E-state index contributed by atoms with van der Waals surface area (Å²) < 4.78 is 16.7. The molecule has 0 aliphatic heterocycles. The second kappa shape index (κ2) is 10.8. The molecule has 0 heterocycles. The Morgan fingerprint density at radius 1 is 0.800 bits per heavy atom. The third kappa shape index (κ3) is 5.11. The Labute approximate surface area is 207 Å². The van der Waals surface area contributed by atoms with Crippen LogP contribution >= 0.6 is 0 Å². The van der Waals surface area contributed by atoms with E-state index in [0.717, 1.165) is 10.4 Å². The number of aldehydes is 1. The summed E-state index contributed by atoms with van der Waals surface area (Å²) in [5.74, 6) is -1.34. The van der Waals surface area contributed by atoms with Gasteiger partial charge < -0.3 is 13.9 Å². The summed E-state index contributed by atoms with van der Waals surface area (Å²) in [7, 11) is -0.420. The molecule has 7 heteroatoms. The minimum absolute atomic E-state index is 0.00269. The fraction of sp³-hybridized carbons (Fsp3) is 0.250. The van der Waals surface area contributed by atoms with Gasteiger partial charge in [-0.3, -0.25) is 4.79 Å². The second-order valence-electron chi connectivity index (χ2n) is 9.15. The fourth-order valence-corrected chi connectivity index (χ4v) is 8.94. The first-order valence-corrected chi connectivity index (χ1v) is 13.1. The highest BCUT2D eigenvalue weighted by atomic mass is 28.4. The van der Waals surface area contributed by atoms with Crippen LogP contribution in [0.2, 0.25) is 5.04 Å². The highest BCUT2D eigenvalue weighted by molar-refractivity contribution is 6.99. The summed E-state index contributed by atoms with van der Waals surface area (Å²) in [6.45, 7) is 6.49. The number of ether oxygens (including phenoxy) is 2. The van der Waals surface area contributed by atoms with E-state index in [2.05, 4.69) is 45.0 Å². The number of hydrogen-bond acceptors (Lipinski definition) is 6. The zero-order chi connectivity index (χ0) is 25.6. The quantitative estimate of drug-likeness (QED) is 0.268. The largest absolute Gasteiger partial charge is 0.465 e.